The molecule has 0 heterocycles. The number of nitrogens with one attached hydrogen (secondary N) is 1. The maximum Gasteiger partial charge on any atom is 0.271 e. The smallest absolute Gasteiger partial charge is 0.267 e. The van der Waals surface area contributed by atoms with Gasteiger partial charge in [0.2, 0.25) is 0 Å². The first-order valence-electron chi connectivity index (χ1n) is 6.38. The van der Waals surface area contributed by atoms with Crippen molar-refractivity contribution in [2.24, 2.45) is 5.10 Å². The SMILES string of the molecule is CC/C(=N/NC(=O)c1ccccc1)c1cccc(Cl)c1. The minimum Gasteiger partial charge on any atom is -0.267 e. The molecule has 2 aromatic rings. The fraction of sp³-hybridized carbons (Fsp3) is 0.125. The van der Waals surface area contributed by atoms with Crippen molar-refractivity contribution in [1.29, 1.82) is 0 Å². The molecule has 0 aliphatic carbocycles. The molecule has 20 heavy (non-hydrogen) atoms. The van der Waals surface area contributed by atoms with Gasteiger partial charge in [-0.3, -0.25) is 4.79 Å². The highest BCUT2D eigenvalue weighted by Gasteiger charge is 2.05. The maximum atomic E-state index is 11.9. The van der Waals surface area contributed by atoms with Gasteiger partial charge in [0.15, 0.2) is 0 Å². The molecule has 1 N–H and O–H groups in total. The van der Waals surface area contributed by atoms with Crippen LogP contribution in [-0.2, 0) is 0 Å². The van der Waals surface area contributed by atoms with Crippen LogP contribution in [0.4, 0.5) is 0 Å². The molecule has 0 unspecified atom stereocenters. The van der Waals surface area contributed by atoms with Gasteiger partial charge >= 0.3 is 0 Å². The second kappa shape index (κ2) is 6.87. The Morgan fingerprint density at radius 1 is 1.10 bits per heavy atom. The van der Waals surface area contributed by atoms with Crippen LogP contribution in [0, 0.1) is 0 Å². The van der Waals surface area contributed by atoms with Crippen molar-refractivity contribution in [2.75, 3.05) is 0 Å². The third kappa shape index (κ3) is 3.68. The summed E-state index contributed by atoms with van der Waals surface area (Å²) >= 11 is 5.96. The minimum atomic E-state index is -0.224. The molecular formula is C16H15ClN2O. The maximum absolute atomic E-state index is 11.9. The van der Waals surface area contributed by atoms with Crippen LogP contribution in [0.5, 0.6) is 0 Å². The summed E-state index contributed by atoms with van der Waals surface area (Å²) in [5.74, 6) is -0.224. The summed E-state index contributed by atoms with van der Waals surface area (Å²) in [4.78, 5) is 11.9. The molecule has 0 radical (unpaired) electrons. The molecule has 0 saturated heterocycles. The largest absolute Gasteiger partial charge is 0.271 e. The van der Waals surface area contributed by atoms with Crippen LogP contribution in [0.25, 0.3) is 0 Å². The van der Waals surface area contributed by atoms with Gasteiger partial charge in [0.25, 0.3) is 5.91 Å². The molecule has 0 aliphatic heterocycles. The Bertz CT molecular complexity index is 623. The standard InChI is InChI=1S/C16H15ClN2O/c1-2-15(13-9-6-10-14(17)11-13)18-19-16(20)12-7-4-3-5-8-12/h3-11H,2H2,1H3,(H,19,20)/b18-15-. The van der Waals surface area contributed by atoms with Gasteiger partial charge in [-0.1, -0.05) is 48.9 Å². The number of hydrazone groups is 1. The van der Waals surface area contributed by atoms with E-state index in [-0.39, 0.29) is 5.91 Å². The van der Waals surface area contributed by atoms with E-state index in [0.717, 1.165) is 11.3 Å². The first-order chi connectivity index (χ1) is 9.70. The first-order valence-corrected chi connectivity index (χ1v) is 6.76. The van der Waals surface area contributed by atoms with Gasteiger partial charge in [-0.05, 0) is 36.2 Å². The van der Waals surface area contributed by atoms with Crippen molar-refractivity contribution in [2.45, 2.75) is 13.3 Å². The highest BCUT2D eigenvalue weighted by molar-refractivity contribution is 6.31. The first kappa shape index (κ1) is 14.3. The van der Waals surface area contributed by atoms with Gasteiger partial charge in [-0.25, -0.2) is 5.43 Å². The number of nitrogens with zero attached hydrogens (tertiary/aromatic N) is 1. The summed E-state index contributed by atoms with van der Waals surface area (Å²) in [5.41, 5.74) is 4.85. The Kier molecular flexibility index (Phi) is 4.91. The average molecular weight is 287 g/mol. The van der Waals surface area contributed by atoms with Crippen LogP contribution < -0.4 is 5.43 Å². The summed E-state index contributed by atoms with van der Waals surface area (Å²) in [7, 11) is 0. The predicted octanol–water partition coefficient (Wildman–Crippen LogP) is 3.88. The minimum absolute atomic E-state index is 0.224. The van der Waals surface area contributed by atoms with E-state index in [4.69, 9.17) is 11.6 Å². The summed E-state index contributed by atoms with van der Waals surface area (Å²) in [6.07, 6.45) is 0.704. The van der Waals surface area contributed by atoms with Crippen LogP contribution >= 0.6 is 11.6 Å². The van der Waals surface area contributed by atoms with E-state index < -0.39 is 0 Å². The quantitative estimate of drug-likeness (QED) is 0.672. The third-order valence-electron chi connectivity index (χ3n) is 2.82. The number of halogens is 1. The van der Waals surface area contributed by atoms with Gasteiger partial charge < -0.3 is 0 Å². The number of hydrogen-bond donors (Lipinski definition) is 1. The van der Waals surface area contributed by atoms with E-state index >= 15 is 0 Å². The molecule has 0 aromatic heterocycles. The predicted molar refractivity (Wildman–Crippen MR) is 82.2 cm³/mol. The van der Waals surface area contributed by atoms with Crippen LogP contribution in [-0.4, -0.2) is 11.6 Å². The van der Waals surface area contributed by atoms with Crippen LogP contribution in [0.2, 0.25) is 5.02 Å². The monoisotopic (exact) mass is 286 g/mol. The summed E-state index contributed by atoms with van der Waals surface area (Å²) in [5, 5.41) is 4.84. The van der Waals surface area contributed by atoms with E-state index in [0.29, 0.717) is 17.0 Å². The zero-order valence-electron chi connectivity index (χ0n) is 11.1. The van der Waals surface area contributed by atoms with Crippen molar-refractivity contribution in [1.82, 2.24) is 5.43 Å². The molecule has 102 valence electrons. The van der Waals surface area contributed by atoms with Crippen LogP contribution in [0.15, 0.2) is 59.7 Å². The number of amides is 1. The number of carbonyl (C=O) groups excluding carboxylic acids is 1. The molecule has 3 nitrogen and oxygen atoms in total. The molecule has 0 atom stereocenters. The molecule has 0 fully saturated rings. The molecule has 2 aromatic carbocycles. The fourth-order valence-corrected chi connectivity index (χ4v) is 1.98. The van der Waals surface area contributed by atoms with E-state index in [1.807, 2.05) is 43.3 Å². The number of rotatable bonds is 4. The topological polar surface area (TPSA) is 41.5 Å². The zero-order valence-corrected chi connectivity index (χ0v) is 11.9. The summed E-state index contributed by atoms with van der Waals surface area (Å²) in [6.45, 7) is 1.98. The lowest BCUT2D eigenvalue weighted by Crippen LogP contribution is -2.19. The Morgan fingerprint density at radius 3 is 2.45 bits per heavy atom. The normalized spacial score (nSPS) is 11.2. The van der Waals surface area contributed by atoms with Gasteiger partial charge in [0.05, 0.1) is 5.71 Å². The molecule has 0 aliphatic rings. The van der Waals surface area contributed by atoms with Crippen molar-refractivity contribution >= 4 is 23.2 Å². The highest BCUT2D eigenvalue weighted by atomic mass is 35.5. The lowest BCUT2D eigenvalue weighted by atomic mass is 10.1. The number of hydrogen-bond acceptors (Lipinski definition) is 2. The molecule has 0 bridgehead atoms. The van der Waals surface area contributed by atoms with Crippen molar-refractivity contribution in [3.05, 3.63) is 70.7 Å². The second-order valence-corrected chi connectivity index (χ2v) is 4.67. The van der Waals surface area contributed by atoms with Gasteiger partial charge in [0, 0.05) is 10.6 Å². The number of carbonyl (C=O) groups is 1. The lowest BCUT2D eigenvalue weighted by Gasteiger charge is -2.05. The van der Waals surface area contributed by atoms with Gasteiger partial charge in [-0.15, -0.1) is 0 Å². The van der Waals surface area contributed by atoms with E-state index in [9.17, 15) is 4.79 Å². The molecule has 1 amide bonds. The Balaban J connectivity index is 2.14. The van der Waals surface area contributed by atoms with Crippen molar-refractivity contribution < 1.29 is 4.79 Å². The zero-order chi connectivity index (χ0) is 14.4. The summed E-state index contributed by atoms with van der Waals surface area (Å²) < 4.78 is 0. The number of benzene rings is 2. The Labute approximate surface area is 123 Å². The Morgan fingerprint density at radius 2 is 1.80 bits per heavy atom. The molecule has 0 saturated carbocycles. The highest BCUT2D eigenvalue weighted by Crippen LogP contribution is 2.12. The molecule has 2 rings (SSSR count). The van der Waals surface area contributed by atoms with Crippen LogP contribution in [0.3, 0.4) is 0 Å². The van der Waals surface area contributed by atoms with E-state index in [1.54, 1.807) is 18.2 Å². The average Bonchev–Trinajstić information content (AvgIpc) is 2.48. The van der Waals surface area contributed by atoms with Gasteiger partial charge in [0.1, 0.15) is 0 Å². The molecule has 4 heteroatoms. The van der Waals surface area contributed by atoms with Crippen molar-refractivity contribution in [3.8, 4) is 0 Å². The van der Waals surface area contributed by atoms with Crippen molar-refractivity contribution in [3.63, 3.8) is 0 Å². The molecule has 0 spiro atoms. The lowest BCUT2D eigenvalue weighted by molar-refractivity contribution is 0.0955. The third-order valence-corrected chi connectivity index (χ3v) is 3.06. The summed E-state index contributed by atoms with van der Waals surface area (Å²) in [6, 6.07) is 16.4. The molecular weight excluding hydrogens is 272 g/mol. The fourth-order valence-electron chi connectivity index (χ4n) is 1.79. The van der Waals surface area contributed by atoms with Crippen LogP contribution in [0.1, 0.15) is 29.3 Å². The van der Waals surface area contributed by atoms with Gasteiger partial charge in [-0.2, -0.15) is 5.10 Å². The van der Waals surface area contributed by atoms with E-state index in [1.165, 1.54) is 0 Å². The van der Waals surface area contributed by atoms with E-state index in [2.05, 4.69) is 10.5 Å². The Hall–Kier alpha value is -2.13. The second-order valence-electron chi connectivity index (χ2n) is 4.23.